The molecule has 11 heavy (non-hydrogen) atoms. The Morgan fingerprint density at radius 2 is 1.91 bits per heavy atom. The van der Waals surface area contributed by atoms with E-state index in [-0.39, 0.29) is 4.90 Å². The molecule has 1 aromatic rings. The highest BCUT2D eigenvalue weighted by Gasteiger charge is 2.12. The molecule has 1 aromatic carbocycles. The molecular formula is C7H4F3S. The summed E-state index contributed by atoms with van der Waals surface area (Å²) in [4.78, 5) is 0.0592. The summed E-state index contributed by atoms with van der Waals surface area (Å²) in [6, 6.07) is 3.04. The predicted octanol–water partition coefficient (Wildman–Crippen LogP) is 2.63. The second-order valence-electron chi connectivity index (χ2n) is 1.80. The largest absolute Gasteiger partial charge is 0.203 e. The molecule has 1 radical (unpaired) electrons. The van der Waals surface area contributed by atoms with Gasteiger partial charge in [0.25, 0.3) is 0 Å². The lowest BCUT2D eigenvalue weighted by Gasteiger charge is -1.98. The zero-order valence-electron chi connectivity index (χ0n) is 5.62. The summed E-state index contributed by atoms with van der Waals surface area (Å²) in [6.45, 7) is 0. The molecule has 0 heterocycles. The Hall–Kier alpha value is -0.640. The van der Waals surface area contributed by atoms with Gasteiger partial charge in [-0.05, 0) is 12.3 Å². The summed E-state index contributed by atoms with van der Waals surface area (Å²) < 4.78 is 37.2. The Balaban J connectivity index is 3.25. The lowest BCUT2D eigenvalue weighted by atomic mass is 10.3. The minimum absolute atomic E-state index is 0.0592. The van der Waals surface area contributed by atoms with Crippen molar-refractivity contribution in [2.24, 2.45) is 0 Å². The fourth-order valence-electron chi connectivity index (χ4n) is 0.609. The molecule has 0 amide bonds. The van der Waals surface area contributed by atoms with E-state index in [4.69, 9.17) is 0 Å². The maximum absolute atomic E-state index is 12.6. The average Bonchev–Trinajstić information content (AvgIpc) is 2.01. The first kappa shape index (κ1) is 8.46. The third kappa shape index (κ3) is 1.50. The Morgan fingerprint density at radius 1 is 1.27 bits per heavy atom. The molecule has 0 spiro atoms. The number of benzene rings is 1. The standard InChI is InChI=1S/C7H4F3S/c1-11-5-3-2-4(8)6(9)7(5)10/h3H,1H3. The monoisotopic (exact) mass is 177 g/mol. The molecule has 4 heteroatoms. The predicted molar refractivity (Wildman–Crippen MR) is 36.9 cm³/mol. The first-order valence-corrected chi connectivity index (χ1v) is 3.98. The highest BCUT2D eigenvalue weighted by Crippen LogP contribution is 2.22. The van der Waals surface area contributed by atoms with Crippen molar-refractivity contribution in [2.45, 2.75) is 4.90 Å². The molecule has 0 fully saturated rings. The van der Waals surface area contributed by atoms with Crippen molar-refractivity contribution in [3.05, 3.63) is 29.6 Å². The summed E-state index contributed by atoms with van der Waals surface area (Å²) in [5, 5.41) is 0. The van der Waals surface area contributed by atoms with E-state index in [1.807, 2.05) is 6.07 Å². The van der Waals surface area contributed by atoms with Crippen LogP contribution in [0.15, 0.2) is 11.0 Å². The van der Waals surface area contributed by atoms with Crippen molar-refractivity contribution < 1.29 is 13.2 Å². The molecule has 0 aromatic heterocycles. The maximum Gasteiger partial charge on any atom is 0.196 e. The van der Waals surface area contributed by atoms with Gasteiger partial charge in [-0.3, -0.25) is 0 Å². The lowest BCUT2D eigenvalue weighted by Crippen LogP contribution is -1.91. The maximum atomic E-state index is 12.6. The van der Waals surface area contributed by atoms with Gasteiger partial charge in [0.05, 0.1) is 0 Å². The van der Waals surface area contributed by atoms with Gasteiger partial charge in [-0.15, -0.1) is 11.8 Å². The van der Waals surface area contributed by atoms with Gasteiger partial charge >= 0.3 is 0 Å². The second-order valence-corrected chi connectivity index (χ2v) is 2.65. The van der Waals surface area contributed by atoms with E-state index in [0.717, 1.165) is 17.8 Å². The van der Waals surface area contributed by atoms with Gasteiger partial charge in [-0.1, -0.05) is 0 Å². The van der Waals surface area contributed by atoms with Crippen molar-refractivity contribution in [1.29, 1.82) is 0 Å². The van der Waals surface area contributed by atoms with Crippen LogP contribution in [0.1, 0.15) is 0 Å². The van der Waals surface area contributed by atoms with Gasteiger partial charge in [0.15, 0.2) is 17.5 Å². The normalized spacial score (nSPS) is 10.2. The summed E-state index contributed by atoms with van der Waals surface area (Å²) in [5.74, 6) is -3.88. The minimum Gasteiger partial charge on any atom is -0.203 e. The van der Waals surface area contributed by atoms with E-state index in [1.54, 1.807) is 6.26 Å². The Kier molecular flexibility index (Phi) is 2.44. The topological polar surface area (TPSA) is 0 Å². The van der Waals surface area contributed by atoms with Crippen molar-refractivity contribution in [1.82, 2.24) is 0 Å². The summed E-state index contributed by atoms with van der Waals surface area (Å²) in [6.07, 6.45) is 1.57. The van der Waals surface area contributed by atoms with Gasteiger partial charge in [-0.2, -0.15) is 0 Å². The molecule has 0 aliphatic rings. The summed E-state index contributed by atoms with van der Waals surface area (Å²) >= 11 is 1.01. The third-order valence-electron chi connectivity index (χ3n) is 1.15. The second kappa shape index (κ2) is 3.17. The Labute approximate surface area is 66.4 Å². The van der Waals surface area contributed by atoms with Crippen LogP contribution in [0.25, 0.3) is 0 Å². The van der Waals surface area contributed by atoms with Crippen LogP contribution in [0.5, 0.6) is 0 Å². The highest BCUT2D eigenvalue weighted by molar-refractivity contribution is 7.98. The van der Waals surface area contributed by atoms with Crippen molar-refractivity contribution >= 4 is 11.8 Å². The molecule has 0 nitrogen and oxygen atoms in total. The Bertz CT molecular complexity index is 273. The van der Waals surface area contributed by atoms with E-state index in [2.05, 4.69) is 0 Å². The van der Waals surface area contributed by atoms with Crippen LogP contribution in [0.3, 0.4) is 0 Å². The number of hydrogen-bond donors (Lipinski definition) is 0. The molecule has 0 unspecified atom stereocenters. The van der Waals surface area contributed by atoms with E-state index in [1.165, 1.54) is 0 Å². The van der Waals surface area contributed by atoms with Crippen LogP contribution in [-0.2, 0) is 0 Å². The first-order chi connectivity index (χ1) is 5.16. The van der Waals surface area contributed by atoms with E-state index in [0.29, 0.717) is 0 Å². The fraction of sp³-hybridized carbons (Fsp3) is 0.143. The van der Waals surface area contributed by atoms with Crippen LogP contribution >= 0.6 is 11.8 Å². The summed E-state index contributed by atoms with van der Waals surface area (Å²) in [5.41, 5.74) is 0. The fourth-order valence-corrected chi connectivity index (χ4v) is 1.05. The van der Waals surface area contributed by atoms with Gasteiger partial charge < -0.3 is 0 Å². The van der Waals surface area contributed by atoms with Crippen LogP contribution in [-0.4, -0.2) is 6.26 Å². The molecule has 1 rings (SSSR count). The molecule has 59 valence electrons. The molecule has 0 saturated carbocycles. The molecule has 0 N–H and O–H groups in total. The SMILES string of the molecule is CSc1c[c]c(F)c(F)c1F. The van der Waals surface area contributed by atoms with Crippen molar-refractivity contribution in [3.63, 3.8) is 0 Å². The van der Waals surface area contributed by atoms with Crippen LogP contribution < -0.4 is 0 Å². The van der Waals surface area contributed by atoms with Gasteiger partial charge in [0.2, 0.25) is 0 Å². The minimum atomic E-state index is -1.46. The molecule has 0 saturated heterocycles. The van der Waals surface area contributed by atoms with E-state index < -0.39 is 17.5 Å². The third-order valence-corrected chi connectivity index (χ3v) is 1.89. The number of rotatable bonds is 1. The molecule has 0 aliphatic carbocycles. The van der Waals surface area contributed by atoms with Crippen LogP contribution in [0.2, 0.25) is 0 Å². The molecule has 0 bridgehead atoms. The van der Waals surface area contributed by atoms with Crippen molar-refractivity contribution in [2.75, 3.05) is 6.26 Å². The smallest absolute Gasteiger partial charge is 0.196 e. The number of halogens is 3. The van der Waals surface area contributed by atoms with Gasteiger partial charge in [0, 0.05) is 11.0 Å². The average molecular weight is 177 g/mol. The summed E-state index contributed by atoms with van der Waals surface area (Å²) in [7, 11) is 0. The van der Waals surface area contributed by atoms with Gasteiger partial charge in [-0.25, -0.2) is 13.2 Å². The zero-order valence-corrected chi connectivity index (χ0v) is 6.44. The Morgan fingerprint density at radius 3 is 2.45 bits per heavy atom. The quantitative estimate of drug-likeness (QED) is 0.469. The van der Waals surface area contributed by atoms with Crippen LogP contribution in [0.4, 0.5) is 13.2 Å². The zero-order chi connectivity index (χ0) is 8.43. The molecule has 0 aliphatic heterocycles. The van der Waals surface area contributed by atoms with E-state index >= 15 is 0 Å². The van der Waals surface area contributed by atoms with Gasteiger partial charge in [0.1, 0.15) is 0 Å². The molecular weight excluding hydrogens is 173 g/mol. The highest BCUT2D eigenvalue weighted by atomic mass is 32.2. The van der Waals surface area contributed by atoms with E-state index in [9.17, 15) is 13.2 Å². The van der Waals surface area contributed by atoms with Crippen LogP contribution in [0, 0.1) is 23.5 Å². The molecule has 0 atom stereocenters. The first-order valence-electron chi connectivity index (χ1n) is 2.76. The lowest BCUT2D eigenvalue weighted by molar-refractivity contribution is 0.434. The number of hydrogen-bond acceptors (Lipinski definition) is 1. The number of thioether (sulfide) groups is 1. The van der Waals surface area contributed by atoms with Crippen molar-refractivity contribution in [3.8, 4) is 0 Å².